The summed E-state index contributed by atoms with van der Waals surface area (Å²) < 4.78 is 12.5. The van der Waals surface area contributed by atoms with Crippen molar-refractivity contribution in [2.24, 2.45) is 0 Å². The molecule has 8 heteroatoms. The van der Waals surface area contributed by atoms with E-state index in [-0.39, 0.29) is 17.8 Å². The molecule has 0 saturated heterocycles. The largest absolute Gasteiger partial charge is 0.368 e. The Kier molecular flexibility index (Phi) is 3.80. The van der Waals surface area contributed by atoms with Gasteiger partial charge in [-0.25, -0.2) is 4.68 Å². The van der Waals surface area contributed by atoms with Crippen LogP contribution in [0.1, 0.15) is 16.2 Å². The van der Waals surface area contributed by atoms with E-state index in [0.29, 0.717) is 19.7 Å². The van der Waals surface area contributed by atoms with Crippen molar-refractivity contribution in [1.82, 2.24) is 25.5 Å². The first-order chi connectivity index (χ1) is 11.8. The summed E-state index contributed by atoms with van der Waals surface area (Å²) in [6.45, 7) is 1.30. The summed E-state index contributed by atoms with van der Waals surface area (Å²) in [5, 5.41) is 14.7. The van der Waals surface area contributed by atoms with Gasteiger partial charge in [0.25, 0.3) is 5.91 Å². The molecule has 3 heterocycles. The van der Waals surface area contributed by atoms with Gasteiger partial charge in [0.05, 0.1) is 31.1 Å². The van der Waals surface area contributed by atoms with Gasteiger partial charge < -0.3 is 14.6 Å². The van der Waals surface area contributed by atoms with Crippen molar-refractivity contribution in [2.75, 3.05) is 6.54 Å². The van der Waals surface area contributed by atoms with Gasteiger partial charge in [-0.1, -0.05) is 40.7 Å². The molecule has 3 aromatic rings. The maximum absolute atomic E-state index is 11.8. The fourth-order valence-electron chi connectivity index (χ4n) is 2.64. The molecule has 1 amide bonds. The highest BCUT2D eigenvalue weighted by Crippen LogP contribution is 2.24. The van der Waals surface area contributed by atoms with Gasteiger partial charge in [0.1, 0.15) is 5.69 Å². The van der Waals surface area contributed by atoms with E-state index >= 15 is 0 Å². The standard InChI is InChI=1S/C16H15N5O3/c22-16(14-6-7-18-24-14)17-8-12-9-21-13(10-23-12)15(19-20-21)11-4-2-1-3-5-11/h1-7,12H,8-10H2,(H,17,22). The highest BCUT2D eigenvalue weighted by Gasteiger charge is 2.25. The zero-order chi connectivity index (χ0) is 16.4. The number of carbonyl (C=O) groups excluding carboxylic acids is 1. The lowest BCUT2D eigenvalue weighted by atomic mass is 10.1. The first-order valence-electron chi connectivity index (χ1n) is 7.59. The van der Waals surface area contributed by atoms with Crippen molar-refractivity contribution in [3.05, 3.63) is 54.0 Å². The smallest absolute Gasteiger partial charge is 0.289 e. The van der Waals surface area contributed by atoms with E-state index in [0.717, 1.165) is 17.0 Å². The number of fused-ring (bicyclic) bond motifs is 1. The maximum atomic E-state index is 11.8. The second-order valence-electron chi connectivity index (χ2n) is 5.45. The summed E-state index contributed by atoms with van der Waals surface area (Å²) in [4.78, 5) is 11.8. The molecule has 0 aliphatic carbocycles. The molecule has 1 N–H and O–H groups in total. The molecule has 0 fully saturated rings. The van der Waals surface area contributed by atoms with Gasteiger partial charge in [-0.15, -0.1) is 5.10 Å². The van der Waals surface area contributed by atoms with Crippen LogP contribution >= 0.6 is 0 Å². The molecule has 24 heavy (non-hydrogen) atoms. The number of amides is 1. The first kappa shape index (κ1) is 14.6. The number of nitrogens with zero attached hydrogens (tertiary/aromatic N) is 4. The van der Waals surface area contributed by atoms with Crippen LogP contribution in [0.3, 0.4) is 0 Å². The Hall–Kier alpha value is -3.00. The molecule has 1 aliphatic heterocycles. The van der Waals surface area contributed by atoms with Crippen LogP contribution in [0.15, 0.2) is 47.1 Å². The summed E-state index contributed by atoms with van der Waals surface area (Å²) >= 11 is 0. The fraction of sp³-hybridized carbons (Fsp3) is 0.250. The van der Waals surface area contributed by atoms with Crippen LogP contribution in [0, 0.1) is 0 Å². The van der Waals surface area contributed by atoms with Gasteiger partial charge in [0.15, 0.2) is 0 Å². The quantitative estimate of drug-likeness (QED) is 0.776. The van der Waals surface area contributed by atoms with Gasteiger partial charge in [-0.3, -0.25) is 4.79 Å². The summed E-state index contributed by atoms with van der Waals surface area (Å²) in [5.74, 6) is -0.135. The second kappa shape index (κ2) is 6.25. The Morgan fingerprint density at radius 1 is 1.29 bits per heavy atom. The number of nitrogens with one attached hydrogen (secondary N) is 1. The molecular weight excluding hydrogens is 310 g/mol. The molecule has 1 atom stereocenters. The Bertz CT molecular complexity index is 829. The first-order valence-corrected chi connectivity index (χ1v) is 7.59. The van der Waals surface area contributed by atoms with Crippen molar-refractivity contribution < 1.29 is 14.1 Å². The summed E-state index contributed by atoms with van der Waals surface area (Å²) in [5.41, 5.74) is 2.79. The molecule has 4 rings (SSSR count). The zero-order valence-electron chi connectivity index (χ0n) is 12.8. The third-order valence-electron chi connectivity index (χ3n) is 3.87. The average molecular weight is 325 g/mol. The molecule has 0 radical (unpaired) electrons. The Balaban J connectivity index is 1.42. The SMILES string of the molecule is O=C(NCC1Cn2nnc(-c3ccccc3)c2CO1)c1ccno1. The van der Waals surface area contributed by atoms with Crippen molar-refractivity contribution in [1.29, 1.82) is 0 Å². The van der Waals surface area contributed by atoms with E-state index in [2.05, 4.69) is 20.8 Å². The number of carbonyl (C=O) groups is 1. The van der Waals surface area contributed by atoms with Crippen LogP contribution in [0.5, 0.6) is 0 Å². The minimum absolute atomic E-state index is 0.172. The summed E-state index contributed by atoms with van der Waals surface area (Å²) in [6.07, 6.45) is 1.26. The molecule has 1 aromatic carbocycles. The van der Waals surface area contributed by atoms with E-state index in [1.165, 1.54) is 12.3 Å². The molecule has 1 aliphatic rings. The fourth-order valence-corrected chi connectivity index (χ4v) is 2.64. The van der Waals surface area contributed by atoms with E-state index in [1.807, 2.05) is 35.0 Å². The minimum atomic E-state index is -0.314. The van der Waals surface area contributed by atoms with Crippen molar-refractivity contribution in [3.63, 3.8) is 0 Å². The monoisotopic (exact) mass is 325 g/mol. The predicted octanol–water partition coefficient (Wildman–Crippen LogP) is 1.26. The maximum Gasteiger partial charge on any atom is 0.289 e. The zero-order valence-corrected chi connectivity index (χ0v) is 12.8. The van der Waals surface area contributed by atoms with Gasteiger partial charge in [-0.2, -0.15) is 0 Å². The molecule has 2 aromatic heterocycles. The van der Waals surface area contributed by atoms with E-state index in [9.17, 15) is 4.79 Å². The third-order valence-corrected chi connectivity index (χ3v) is 3.87. The molecule has 0 spiro atoms. The van der Waals surface area contributed by atoms with Crippen LogP contribution in [-0.2, 0) is 17.9 Å². The number of hydrogen-bond donors (Lipinski definition) is 1. The van der Waals surface area contributed by atoms with Crippen molar-refractivity contribution >= 4 is 5.91 Å². The third kappa shape index (κ3) is 2.79. The topological polar surface area (TPSA) is 95.1 Å². The van der Waals surface area contributed by atoms with Crippen molar-refractivity contribution in [3.8, 4) is 11.3 Å². The van der Waals surface area contributed by atoms with Gasteiger partial charge in [0.2, 0.25) is 5.76 Å². The van der Waals surface area contributed by atoms with E-state index < -0.39 is 0 Å². The van der Waals surface area contributed by atoms with Crippen LogP contribution in [0.2, 0.25) is 0 Å². The molecule has 0 saturated carbocycles. The normalized spacial score (nSPS) is 16.6. The van der Waals surface area contributed by atoms with Crippen LogP contribution in [-0.4, -0.2) is 38.7 Å². The lowest BCUT2D eigenvalue weighted by Crippen LogP contribution is -2.39. The van der Waals surface area contributed by atoms with Crippen LogP contribution in [0.25, 0.3) is 11.3 Å². The summed E-state index contributed by atoms with van der Waals surface area (Å²) in [6, 6.07) is 11.4. The van der Waals surface area contributed by atoms with E-state index in [4.69, 9.17) is 9.26 Å². The van der Waals surface area contributed by atoms with E-state index in [1.54, 1.807) is 0 Å². The molecule has 122 valence electrons. The van der Waals surface area contributed by atoms with Crippen LogP contribution in [0.4, 0.5) is 0 Å². The lowest BCUT2D eigenvalue weighted by Gasteiger charge is -2.24. The Morgan fingerprint density at radius 3 is 2.96 bits per heavy atom. The summed E-state index contributed by atoms with van der Waals surface area (Å²) in [7, 11) is 0. The highest BCUT2D eigenvalue weighted by molar-refractivity contribution is 5.91. The number of ether oxygens (including phenoxy) is 1. The Labute approximate surface area is 137 Å². The van der Waals surface area contributed by atoms with Gasteiger partial charge in [0, 0.05) is 18.2 Å². The molecule has 1 unspecified atom stereocenters. The number of aromatic nitrogens is 4. The number of benzene rings is 1. The van der Waals surface area contributed by atoms with Crippen LogP contribution < -0.4 is 5.32 Å². The Morgan fingerprint density at radius 2 is 2.17 bits per heavy atom. The highest BCUT2D eigenvalue weighted by atomic mass is 16.5. The molecular formula is C16H15N5O3. The van der Waals surface area contributed by atoms with Crippen molar-refractivity contribution in [2.45, 2.75) is 19.3 Å². The minimum Gasteiger partial charge on any atom is -0.368 e. The number of hydrogen-bond acceptors (Lipinski definition) is 6. The average Bonchev–Trinajstić information content (AvgIpc) is 3.30. The second-order valence-corrected chi connectivity index (χ2v) is 5.45. The molecule has 8 nitrogen and oxygen atoms in total. The predicted molar refractivity (Wildman–Crippen MR) is 82.9 cm³/mol. The van der Waals surface area contributed by atoms with Gasteiger partial charge >= 0.3 is 0 Å². The van der Waals surface area contributed by atoms with Gasteiger partial charge in [-0.05, 0) is 0 Å². The lowest BCUT2D eigenvalue weighted by molar-refractivity contribution is 0.00158. The number of rotatable bonds is 4. The molecule has 0 bridgehead atoms.